The molecule has 2 rings (SSSR count). The first kappa shape index (κ1) is 13.9. The zero-order valence-electron chi connectivity index (χ0n) is 11.7. The van der Waals surface area contributed by atoms with Crippen molar-refractivity contribution in [3.05, 3.63) is 0 Å². The van der Waals surface area contributed by atoms with Crippen molar-refractivity contribution in [1.29, 1.82) is 0 Å². The van der Waals surface area contributed by atoms with Gasteiger partial charge in [0.15, 0.2) is 0 Å². The first-order chi connectivity index (χ1) is 8.71. The van der Waals surface area contributed by atoms with Gasteiger partial charge in [-0.05, 0) is 37.5 Å². The number of piperidine rings is 1. The van der Waals surface area contributed by atoms with E-state index in [1.54, 1.807) is 0 Å². The molecule has 0 spiro atoms. The summed E-state index contributed by atoms with van der Waals surface area (Å²) in [4.78, 5) is 14.5. The van der Waals surface area contributed by atoms with Gasteiger partial charge in [0.2, 0.25) is 5.91 Å². The van der Waals surface area contributed by atoms with Gasteiger partial charge in [-0.15, -0.1) is 0 Å². The van der Waals surface area contributed by atoms with Crippen LogP contribution in [0.5, 0.6) is 0 Å². The van der Waals surface area contributed by atoms with Gasteiger partial charge in [-0.2, -0.15) is 0 Å². The molecule has 1 saturated carbocycles. The molecular weight excluding hydrogens is 226 g/mol. The van der Waals surface area contributed by atoms with Gasteiger partial charge in [0.25, 0.3) is 0 Å². The van der Waals surface area contributed by atoms with Crippen LogP contribution in [0.15, 0.2) is 0 Å². The van der Waals surface area contributed by atoms with Crippen LogP contribution in [0.1, 0.15) is 58.3 Å². The summed E-state index contributed by atoms with van der Waals surface area (Å²) in [6, 6.07) is 0. The maximum atomic E-state index is 12.4. The molecule has 3 heteroatoms. The number of aliphatic hydroxyl groups is 1. The fourth-order valence-corrected chi connectivity index (χ4v) is 3.43. The molecule has 1 heterocycles. The van der Waals surface area contributed by atoms with Crippen LogP contribution in [0, 0.1) is 11.3 Å². The molecule has 1 aliphatic carbocycles. The summed E-state index contributed by atoms with van der Waals surface area (Å²) < 4.78 is 0. The number of likely N-dealkylation sites (tertiary alicyclic amines) is 1. The van der Waals surface area contributed by atoms with Crippen molar-refractivity contribution in [2.45, 2.75) is 58.3 Å². The van der Waals surface area contributed by atoms with E-state index in [1.165, 1.54) is 19.3 Å². The lowest BCUT2D eigenvalue weighted by Crippen LogP contribution is -2.46. The predicted octanol–water partition coefficient (Wildman–Crippen LogP) is 2.58. The minimum atomic E-state index is 0.0867. The second kappa shape index (κ2) is 6.05. The molecule has 1 N–H and O–H groups in total. The van der Waals surface area contributed by atoms with Gasteiger partial charge in [-0.1, -0.05) is 26.2 Å². The lowest BCUT2D eigenvalue weighted by Gasteiger charge is -2.41. The molecule has 0 aromatic heterocycles. The molecule has 0 bridgehead atoms. The minimum absolute atomic E-state index is 0.0867. The van der Waals surface area contributed by atoms with Crippen LogP contribution in [0.2, 0.25) is 0 Å². The third-order valence-corrected chi connectivity index (χ3v) is 5.18. The molecule has 18 heavy (non-hydrogen) atoms. The molecule has 1 saturated heterocycles. The fourth-order valence-electron chi connectivity index (χ4n) is 3.43. The van der Waals surface area contributed by atoms with Crippen LogP contribution in [0.25, 0.3) is 0 Å². The topological polar surface area (TPSA) is 40.5 Å². The quantitative estimate of drug-likeness (QED) is 0.840. The fraction of sp³-hybridized carbons (Fsp3) is 0.933. The van der Waals surface area contributed by atoms with Crippen molar-refractivity contribution >= 4 is 5.91 Å². The zero-order chi connectivity index (χ0) is 13.0. The van der Waals surface area contributed by atoms with Crippen molar-refractivity contribution in [2.24, 2.45) is 11.3 Å². The van der Waals surface area contributed by atoms with Crippen molar-refractivity contribution in [3.63, 3.8) is 0 Å². The van der Waals surface area contributed by atoms with E-state index >= 15 is 0 Å². The smallest absolute Gasteiger partial charge is 0.225 e. The van der Waals surface area contributed by atoms with Crippen molar-refractivity contribution in [2.75, 3.05) is 19.7 Å². The molecule has 2 aliphatic rings. The van der Waals surface area contributed by atoms with Gasteiger partial charge in [-0.25, -0.2) is 0 Å². The maximum Gasteiger partial charge on any atom is 0.225 e. The summed E-state index contributed by atoms with van der Waals surface area (Å²) in [6.45, 7) is 4.12. The lowest BCUT2D eigenvalue weighted by atomic mass is 9.76. The zero-order valence-corrected chi connectivity index (χ0v) is 11.7. The molecule has 1 aliphatic heterocycles. The van der Waals surface area contributed by atoms with E-state index in [9.17, 15) is 9.90 Å². The Morgan fingerprint density at radius 2 is 1.83 bits per heavy atom. The molecule has 0 unspecified atom stereocenters. The highest BCUT2D eigenvalue weighted by atomic mass is 16.3. The monoisotopic (exact) mass is 253 g/mol. The van der Waals surface area contributed by atoms with Gasteiger partial charge in [-0.3, -0.25) is 4.79 Å². The van der Waals surface area contributed by atoms with E-state index in [2.05, 4.69) is 11.8 Å². The van der Waals surface area contributed by atoms with E-state index in [0.717, 1.165) is 45.2 Å². The minimum Gasteiger partial charge on any atom is -0.396 e. The van der Waals surface area contributed by atoms with Gasteiger partial charge >= 0.3 is 0 Å². The van der Waals surface area contributed by atoms with Gasteiger partial charge < -0.3 is 10.0 Å². The molecule has 104 valence electrons. The average molecular weight is 253 g/mol. The van der Waals surface area contributed by atoms with Crippen molar-refractivity contribution in [1.82, 2.24) is 4.90 Å². The number of nitrogens with zero attached hydrogens (tertiary/aromatic N) is 1. The lowest BCUT2D eigenvalue weighted by molar-refractivity contribution is -0.139. The third kappa shape index (κ3) is 2.87. The second-order valence-electron chi connectivity index (χ2n) is 6.17. The van der Waals surface area contributed by atoms with Crippen LogP contribution < -0.4 is 0 Å². The highest BCUT2D eigenvalue weighted by Gasteiger charge is 2.35. The molecule has 1 amide bonds. The summed E-state index contributed by atoms with van der Waals surface area (Å²) in [5.74, 6) is 0.680. The Balaban J connectivity index is 1.87. The van der Waals surface area contributed by atoms with E-state index < -0.39 is 0 Å². The molecule has 0 aromatic rings. The highest BCUT2D eigenvalue weighted by Crippen LogP contribution is 2.35. The molecule has 0 radical (unpaired) electrons. The number of hydrogen-bond acceptors (Lipinski definition) is 2. The summed E-state index contributed by atoms with van der Waals surface area (Å²) >= 11 is 0. The Labute approximate surface area is 111 Å². The molecular formula is C15H27NO2. The second-order valence-corrected chi connectivity index (χ2v) is 6.17. The van der Waals surface area contributed by atoms with E-state index in [0.29, 0.717) is 11.8 Å². The van der Waals surface area contributed by atoms with Crippen LogP contribution in [0.3, 0.4) is 0 Å². The number of rotatable bonds is 3. The molecule has 0 aromatic carbocycles. The number of carbonyl (C=O) groups excluding carboxylic acids is 1. The van der Waals surface area contributed by atoms with Crippen LogP contribution in [-0.2, 0) is 4.79 Å². The standard InChI is InChI=1S/C15H27NO2/c1-2-15(12-17)8-10-16(11-9-15)14(18)13-6-4-3-5-7-13/h13,17H,2-12H2,1H3. The molecule has 2 fully saturated rings. The number of aliphatic hydroxyl groups excluding tert-OH is 1. The SMILES string of the molecule is CCC1(CO)CCN(C(=O)C2CCCCC2)CC1. The van der Waals surface area contributed by atoms with Crippen LogP contribution in [0.4, 0.5) is 0 Å². The predicted molar refractivity (Wildman–Crippen MR) is 72.2 cm³/mol. The van der Waals surface area contributed by atoms with Crippen molar-refractivity contribution < 1.29 is 9.90 Å². The average Bonchev–Trinajstić information content (AvgIpc) is 2.47. The Kier molecular flexibility index (Phi) is 4.66. The Hall–Kier alpha value is -0.570. The Morgan fingerprint density at radius 3 is 2.33 bits per heavy atom. The largest absolute Gasteiger partial charge is 0.396 e. The third-order valence-electron chi connectivity index (χ3n) is 5.18. The number of carbonyl (C=O) groups is 1. The summed E-state index contributed by atoms with van der Waals surface area (Å²) in [5.41, 5.74) is 0.0867. The number of amides is 1. The first-order valence-corrected chi connectivity index (χ1v) is 7.60. The van der Waals surface area contributed by atoms with Gasteiger partial charge in [0.05, 0.1) is 0 Å². The highest BCUT2D eigenvalue weighted by molar-refractivity contribution is 5.79. The Bertz CT molecular complexity index is 270. The number of hydrogen-bond donors (Lipinski definition) is 1. The van der Waals surface area contributed by atoms with Crippen LogP contribution in [-0.4, -0.2) is 35.6 Å². The Morgan fingerprint density at radius 1 is 1.22 bits per heavy atom. The van der Waals surface area contributed by atoms with Gasteiger partial charge in [0.1, 0.15) is 0 Å². The molecule has 3 nitrogen and oxygen atoms in total. The molecule has 0 atom stereocenters. The summed E-state index contributed by atoms with van der Waals surface area (Å²) in [5, 5.41) is 9.51. The summed E-state index contributed by atoms with van der Waals surface area (Å²) in [7, 11) is 0. The van der Waals surface area contributed by atoms with E-state index in [1.807, 2.05) is 0 Å². The normalized spacial score (nSPS) is 25.1. The van der Waals surface area contributed by atoms with Crippen LogP contribution >= 0.6 is 0 Å². The van der Waals surface area contributed by atoms with E-state index in [4.69, 9.17) is 0 Å². The maximum absolute atomic E-state index is 12.4. The summed E-state index contributed by atoms with van der Waals surface area (Å²) in [6.07, 6.45) is 8.89. The van der Waals surface area contributed by atoms with Gasteiger partial charge in [0, 0.05) is 25.6 Å². The first-order valence-electron chi connectivity index (χ1n) is 7.60. The van der Waals surface area contributed by atoms with E-state index in [-0.39, 0.29) is 12.0 Å². The van der Waals surface area contributed by atoms with Crippen molar-refractivity contribution in [3.8, 4) is 0 Å².